The Hall–Kier alpha value is -1.53. The summed E-state index contributed by atoms with van der Waals surface area (Å²) in [6, 6.07) is 6.14. The Bertz CT molecular complexity index is 588. The van der Waals surface area contributed by atoms with Gasteiger partial charge in [-0.1, -0.05) is 31.4 Å². The van der Waals surface area contributed by atoms with Gasteiger partial charge in [-0.2, -0.15) is 0 Å². The van der Waals surface area contributed by atoms with Crippen LogP contribution in [0.2, 0.25) is 0 Å². The smallest absolute Gasteiger partial charge is 0.269 e. The largest absolute Gasteiger partial charge is 0.387 e. The van der Waals surface area contributed by atoms with Gasteiger partial charge in [-0.25, -0.2) is 4.39 Å². The van der Waals surface area contributed by atoms with Crippen LogP contribution in [-0.2, 0) is 4.74 Å². The molecule has 2 unspecified atom stereocenters. The summed E-state index contributed by atoms with van der Waals surface area (Å²) in [5.74, 6) is 0. The fourth-order valence-corrected chi connectivity index (χ4v) is 3.88. The topological polar surface area (TPSA) is 72.6 Å². The maximum absolute atomic E-state index is 15.6. The number of nitro groups is 1. The number of hydrogen-bond donors (Lipinski definition) is 1. The second kappa shape index (κ2) is 6.17. The Morgan fingerprint density at radius 1 is 1.26 bits per heavy atom. The van der Waals surface area contributed by atoms with Crippen molar-refractivity contribution < 1.29 is 19.2 Å². The predicted molar refractivity (Wildman–Crippen MR) is 82.9 cm³/mol. The highest BCUT2D eigenvalue weighted by atomic mass is 19.1. The van der Waals surface area contributed by atoms with E-state index >= 15 is 4.39 Å². The van der Waals surface area contributed by atoms with E-state index in [9.17, 15) is 15.2 Å². The van der Waals surface area contributed by atoms with E-state index in [0.29, 0.717) is 18.4 Å². The van der Waals surface area contributed by atoms with Gasteiger partial charge >= 0.3 is 0 Å². The summed E-state index contributed by atoms with van der Waals surface area (Å²) in [4.78, 5) is 10.4. The molecule has 1 aromatic rings. The van der Waals surface area contributed by atoms with E-state index in [2.05, 4.69) is 0 Å². The van der Waals surface area contributed by atoms with Crippen LogP contribution in [0.25, 0.3) is 0 Å². The minimum absolute atomic E-state index is 0.0301. The molecule has 1 heterocycles. The standard InChI is InChI=1S/C17H22FNO4/c18-16(17(20)7-2-1-3-8-17)9-10-23-15(12-16)13-5-4-6-14(11-13)19(21)22/h4-6,11,15,20H,1-3,7-10,12H2. The normalized spacial score (nSPS) is 30.8. The van der Waals surface area contributed by atoms with Gasteiger partial charge in [0.15, 0.2) is 0 Å². The SMILES string of the molecule is O=[N+]([O-])c1cccc(C2CC(F)(C3(O)CCCCC3)CCO2)c1. The Labute approximate surface area is 134 Å². The molecule has 0 aromatic heterocycles. The van der Waals surface area contributed by atoms with E-state index in [1.807, 2.05) is 0 Å². The molecule has 2 fully saturated rings. The fraction of sp³-hybridized carbons (Fsp3) is 0.647. The molecular weight excluding hydrogens is 301 g/mol. The van der Waals surface area contributed by atoms with Gasteiger partial charge in [0.25, 0.3) is 5.69 Å². The third kappa shape index (κ3) is 3.10. The van der Waals surface area contributed by atoms with Gasteiger partial charge in [-0.15, -0.1) is 0 Å². The van der Waals surface area contributed by atoms with Gasteiger partial charge in [0, 0.05) is 25.0 Å². The quantitative estimate of drug-likeness (QED) is 0.677. The Balaban J connectivity index is 1.83. The van der Waals surface area contributed by atoms with Crippen LogP contribution in [0.1, 0.15) is 56.6 Å². The van der Waals surface area contributed by atoms with Crippen LogP contribution in [0.3, 0.4) is 0 Å². The van der Waals surface area contributed by atoms with E-state index in [1.54, 1.807) is 12.1 Å². The third-order valence-corrected chi connectivity index (χ3v) is 5.29. The van der Waals surface area contributed by atoms with Crippen LogP contribution in [0.4, 0.5) is 10.1 Å². The zero-order chi connectivity index (χ0) is 16.5. The van der Waals surface area contributed by atoms with Gasteiger partial charge < -0.3 is 9.84 Å². The second-order valence-corrected chi connectivity index (χ2v) is 6.72. The molecule has 23 heavy (non-hydrogen) atoms. The first kappa shape index (κ1) is 16.3. The number of rotatable bonds is 3. The van der Waals surface area contributed by atoms with Crippen molar-refractivity contribution in [2.24, 2.45) is 0 Å². The van der Waals surface area contributed by atoms with Crippen molar-refractivity contribution >= 4 is 5.69 Å². The lowest BCUT2D eigenvalue weighted by atomic mass is 9.69. The molecule has 0 spiro atoms. The van der Waals surface area contributed by atoms with Crippen LogP contribution in [0, 0.1) is 10.1 Å². The van der Waals surface area contributed by atoms with Crippen molar-refractivity contribution in [1.82, 2.24) is 0 Å². The zero-order valence-electron chi connectivity index (χ0n) is 13.0. The summed E-state index contributed by atoms with van der Waals surface area (Å²) in [5.41, 5.74) is -2.42. The Morgan fingerprint density at radius 3 is 2.70 bits per heavy atom. The summed E-state index contributed by atoms with van der Waals surface area (Å²) in [5, 5.41) is 21.7. The summed E-state index contributed by atoms with van der Waals surface area (Å²) < 4.78 is 21.2. The molecule has 1 N–H and O–H groups in total. The molecule has 5 nitrogen and oxygen atoms in total. The van der Waals surface area contributed by atoms with Gasteiger partial charge in [0.2, 0.25) is 0 Å². The van der Waals surface area contributed by atoms with Crippen molar-refractivity contribution in [3.05, 3.63) is 39.9 Å². The number of alkyl halides is 1. The molecular formula is C17H22FNO4. The van der Waals surface area contributed by atoms with Crippen LogP contribution in [0.5, 0.6) is 0 Å². The predicted octanol–water partition coefficient (Wildman–Crippen LogP) is 3.85. The fourth-order valence-electron chi connectivity index (χ4n) is 3.88. The molecule has 0 bridgehead atoms. The van der Waals surface area contributed by atoms with E-state index < -0.39 is 22.3 Å². The lowest BCUT2D eigenvalue weighted by Crippen LogP contribution is -2.55. The summed E-state index contributed by atoms with van der Waals surface area (Å²) in [7, 11) is 0. The molecule has 1 saturated heterocycles. The minimum atomic E-state index is -1.69. The summed E-state index contributed by atoms with van der Waals surface area (Å²) in [6.45, 7) is 0.214. The second-order valence-electron chi connectivity index (χ2n) is 6.72. The molecule has 1 aliphatic carbocycles. The van der Waals surface area contributed by atoms with E-state index in [4.69, 9.17) is 4.74 Å². The van der Waals surface area contributed by atoms with Gasteiger partial charge in [0.05, 0.1) is 23.2 Å². The Morgan fingerprint density at radius 2 is 2.00 bits per heavy atom. The van der Waals surface area contributed by atoms with Crippen molar-refractivity contribution in [1.29, 1.82) is 0 Å². The molecule has 0 amide bonds. The molecule has 2 atom stereocenters. The van der Waals surface area contributed by atoms with Gasteiger partial charge in [-0.05, 0) is 18.4 Å². The van der Waals surface area contributed by atoms with Gasteiger partial charge in [-0.3, -0.25) is 10.1 Å². The summed E-state index contributed by atoms with van der Waals surface area (Å²) >= 11 is 0. The van der Waals surface area contributed by atoms with Crippen LogP contribution < -0.4 is 0 Å². The average molecular weight is 323 g/mol. The molecule has 2 aliphatic rings. The van der Waals surface area contributed by atoms with E-state index in [0.717, 1.165) is 19.3 Å². The maximum atomic E-state index is 15.6. The maximum Gasteiger partial charge on any atom is 0.269 e. The molecule has 0 radical (unpaired) electrons. The lowest BCUT2D eigenvalue weighted by Gasteiger charge is -2.47. The first-order valence-electron chi connectivity index (χ1n) is 8.21. The van der Waals surface area contributed by atoms with Crippen molar-refractivity contribution in [3.63, 3.8) is 0 Å². The zero-order valence-corrected chi connectivity index (χ0v) is 13.0. The highest BCUT2D eigenvalue weighted by molar-refractivity contribution is 5.35. The molecule has 1 aliphatic heterocycles. The highest BCUT2D eigenvalue weighted by Crippen LogP contribution is 2.49. The number of hydrogen-bond acceptors (Lipinski definition) is 4. The molecule has 3 rings (SSSR count). The number of ether oxygens (including phenoxy) is 1. The first-order valence-corrected chi connectivity index (χ1v) is 8.21. The number of nitro benzene ring substituents is 1. The van der Waals surface area contributed by atoms with Crippen LogP contribution in [-0.4, -0.2) is 27.9 Å². The minimum Gasteiger partial charge on any atom is -0.387 e. The van der Waals surface area contributed by atoms with Crippen LogP contribution in [0.15, 0.2) is 24.3 Å². The van der Waals surface area contributed by atoms with Crippen molar-refractivity contribution in [3.8, 4) is 0 Å². The highest BCUT2D eigenvalue weighted by Gasteiger charge is 2.54. The van der Waals surface area contributed by atoms with E-state index in [-0.39, 0.29) is 25.1 Å². The van der Waals surface area contributed by atoms with Crippen molar-refractivity contribution in [2.75, 3.05) is 6.61 Å². The average Bonchev–Trinajstić information content (AvgIpc) is 2.55. The number of benzene rings is 1. The van der Waals surface area contributed by atoms with Crippen molar-refractivity contribution in [2.45, 2.75) is 62.3 Å². The molecule has 6 heteroatoms. The van der Waals surface area contributed by atoms with Gasteiger partial charge in [0.1, 0.15) is 5.67 Å². The first-order chi connectivity index (χ1) is 10.9. The number of non-ortho nitro benzene ring substituents is 1. The monoisotopic (exact) mass is 323 g/mol. The third-order valence-electron chi connectivity index (χ3n) is 5.29. The summed E-state index contributed by atoms with van der Waals surface area (Å²) in [6.07, 6.45) is 3.33. The van der Waals surface area contributed by atoms with E-state index in [1.165, 1.54) is 12.1 Å². The number of aliphatic hydroxyl groups is 1. The Kier molecular flexibility index (Phi) is 4.38. The molecule has 1 aromatic carbocycles. The van der Waals surface area contributed by atoms with Crippen LogP contribution >= 0.6 is 0 Å². The molecule has 126 valence electrons. The molecule has 1 saturated carbocycles. The lowest BCUT2D eigenvalue weighted by molar-refractivity contribution is -0.385. The number of halogens is 1. The number of nitrogens with zero attached hydrogens (tertiary/aromatic N) is 1.